The molecule has 7 nitrogen and oxygen atoms in total. The van der Waals surface area contributed by atoms with Gasteiger partial charge in [-0.25, -0.2) is 4.39 Å². The number of hydrogen-bond donors (Lipinski definition) is 0. The van der Waals surface area contributed by atoms with E-state index < -0.39 is 5.82 Å². The van der Waals surface area contributed by atoms with Crippen molar-refractivity contribution in [2.45, 2.75) is 38.6 Å². The lowest BCUT2D eigenvalue weighted by Crippen LogP contribution is -2.46. The van der Waals surface area contributed by atoms with Crippen molar-refractivity contribution in [1.29, 1.82) is 0 Å². The average Bonchev–Trinajstić information content (AvgIpc) is 3.34. The highest BCUT2D eigenvalue weighted by molar-refractivity contribution is 6.30. The molecule has 1 unspecified atom stereocenters. The molecular formula is C25H26ClFN4O3. The predicted molar refractivity (Wildman–Crippen MR) is 126 cm³/mol. The van der Waals surface area contributed by atoms with E-state index in [0.717, 1.165) is 18.4 Å². The van der Waals surface area contributed by atoms with Gasteiger partial charge in [0.2, 0.25) is 17.6 Å². The van der Waals surface area contributed by atoms with Gasteiger partial charge in [0.25, 0.3) is 5.91 Å². The fourth-order valence-corrected chi connectivity index (χ4v) is 4.25. The van der Waals surface area contributed by atoms with Gasteiger partial charge in [0.15, 0.2) is 0 Å². The number of piperidine rings is 1. The molecule has 178 valence electrons. The van der Waals surface area contributed by atoms with Gasteiger partial charge in [-0.1, -0.05) is 23.7 Å². The minimum absolute atomic E-state index is 0.0707. The summed E-state index contributed by atoms with van der Waals surface area (Å²) in [7, 11) is 0. The molecule has 1 aromatic heterocycles. The van der Waals surface area contributed by atoms with Crippen LogP contribution in [0.25, 0.3) is 11.4 Å². The molecular weight excluding hydrogens is 459 g/mol. The Kier molecular flexibility index (Phi) is 7.57. The Labute approximate surface area is 202 Å². The van der Waals surface area contributed by atoms with Crippen LogP contribution in [-0.2, 0) is 4.79 Å². The molecule has 4 rings (SSSR count). The lowest BCUT2D eigenvalue weighted by atomic mass is 10.0. The van der Waals surface area contributed by atoms with E-state index in [2.05, 4.69) is 10.1 Å². The molecule has 34 heavy (non-hydrogen) atoms. The Morgan fingerprint density at radius 1 is 1.15 bits per heavy atom. The van der Waals surface area contributed by atoms with Crippen LogP contribution in [0.4, 0.5) is 4.39 Å². The molecule has 0 bridgehead atoms. The van der Waals surface area contributed by atoms with Gasteiger partial charge in [0.1, 0.15) is 18.4 Å². The van der Waals surface area contributed by atoms with Crippen molar-refractivity contribution < 1.29 is 18.5 Å². The highest BCUT2D eigenvalue weighted by Gasteiger charge is 2.33. The van der Waals surface area contributed by atoms with Crippen molar-refractivity contribution in [3.63, 3.8) is 0 Å². The Balaban J connectivity index is 1.50. The van der Waals surface area contributed by atoms with E-state index in [1.807, 2.05) is 19.1 Å². The average molecular weight is 485 g/mol. The van der Waals surface area contributed by atoms with Crippen molar-refractivity contribution in [2.24, 2.45) is 0 Å². The summed E-state index contributed by atoms with van der Waals surface area (Å²) >= 11 is 5.96. The largest absolute Gasteiger partial charge is 0.337 e. The highest BCUT2D eigenvalue weighted by atomic mass is 35.5. The Morgan fingerprint density at radius 3 is 2.59 bits per heavy atom. The zero-order valence-electron chi connectivity index (χ0n) is 18.9. The van der Waals surface area contributed by atoms with Crippen molar-refractivity contribution in [3.8, 4) is 11.4 Å². The number of rotatable bonds is 7. The van der Waals surface area contributed by atoms with Gasteiger partial charge in [0, 0.05) is 29.2 Å². The maximum atomic E-state index is 13.3. The first-order valence-corrected chi connectivity index (χ1v) is 11.8. The van der Waals surface area contributed by atoms with Gasteiger partial charge in [0.05, 0.1) is 0 Å². The van der Waals surface area contributed by atoms with Crippen LogP contribution < -0.4 is 0 Å². The number of benzene rings is 2. The van der Waals surface area contributed by atoms with E-state index in [0.29, 0.717) is 48.2 Å². The van der Waals surface area contributed by atoms with Gasteiger partial charge in [-0.05, 0) is 74.2 Å². The topological polar surface area (TPSA) is 79.5 Å². The third-order valence-electron chi connectivity index (χ3n) is 5.85. The molecule has 2 amide bonds. The summed E-state index contributed by atoms with van der Waals surface area (Å²) in [5.74, 6) is -0.0802. The molecule has 9 heteroatoms. The fourth-order valence-electron chi connectivity index (χ4n) is 4.13. The molecule has 0 radical (unpaired) electrons. The second-order valence-electron chi connectivity index (χ2n) is 8.30. The predicted octanol–water partition coefficient (Wildman–Crippen LogP) is 5.14. The standard InChI is InChI=1S/C25H26ClFN4O3/c1-2-14-30(25(33)18-8-12-20(27)13-9-18)16-22(32)31-15-4-3-5-21(31)24-28-23(29-34-24)17-6-10-19(26)11-7-17/h6-13,21H,2-5,14-16H2,1H3. The fraction of sp³-hybridized carbons (Fsp3) is 0.360. The van der Waals surface area contributed by atoms with E-state index in [4.69, 9.17) is 16.1 Å². The third-order valence-corrected chi connectivity index (χ3v) is 6.10. The van der Waals surface area contributed by atoms with Gasteiger partial charge in [-0.3, -0.25) is 9.59 Å². The van der Waals surface area contributed by atoms with E-state index in [9.17, 15) is 14.0 Å². The Morgan fingerprint density at radius 2 is 1.88 bits per heavy atom. The van der Waals surface area contributed by atoms with Crippen molar-refractivity contribution in [1.82, 2.24) is 19.9 Å². The number of aromatic nitrogens is 2. The molecule has 1 aliphatic rings. The molecule has 2 aromatic carbocycles. The maximum Gasteiger partial charge on any atom is 0.254 e. The second-order valence-corrected chi connectivity index (χ2v) is 8.73. The number of likely N-dealkylation sites (tertiary alicyclic amines) is 1. The summed E-state index contributed by atoms with van der Waals surface area (Å²) in [5.41, 5.74) is 1.12. The first kappa shape index (κ1) is 23.9. The zero-order chi connectivity index (χ0) is 24.1. The van der Waals surface area contributed by atoms with Gasteiger partial charge in [-0.15, -0.1) is 0 Å². The smallest absolute Gasteiger partial charge is 0.254 e. The summed E-state index contributed by atoms with van der Waals surface area (Å²) in [4.78, 5) is 34.1. The molecule has 1 saturated heterocycles. The molecule has 0 saturated carbocycles. The van der Waals surface area contributed by atoms with Crippen LogP contribution in [0.5, 0.6) is 0 Å². The van der Waals surface area contributed by atoms with Crippen LogP contribution in [0.2, 0.25) is 5.02 Å². The van der Waals surface area contributed by atoms with Crippen molar-refractivity contribution >= 4 is 23.4 Å². The number of carbonyl (C=O) groups is 2. The number of nitrogens with zero attached hydrogens (tertiary/aromatic N) is 4. The molecule has 0 aliphatic carbocycles. The van der Waals surface area contributed by atoms with Crippen LogP contribution in [0.1, 0.15) is 54.9 Å². The minimum atomic E-state index is -0.414. The number of halogens is 2. The van der Waals surface area contributed by atoms with Crippen LogP contribution in [-0.4, -0.2) is 51.4 Å². The van der Waals surface area contributed by atoms with Crippen molar-refractivity contribution in [2.75, 3.05) is 19.6 Å². The van der Waals surface area contributed by atoms with E-state index >= 15 is 0 Å². The lowest BCUT2D eigenvalue weighted by Gasteiger charge is -2.35. The van der Waals surface area contributed by atoms with Gasteiger partial charge < -0.3 is 14.3 Å². The summed E-state index contributed by atoms with van der Waals surface area (Å²) in [6.45, 7) is 2.84. The Bertz CT molecular complexity index is 1130. The first-order chi connectivity index (χ1) is 16.5. The highest BCUT2D eigenvalue weighted by Crippen LogP contribution is 2.31. The van der Waals surface area contributed by atoms with Crippen LogP contribution in [0.3, 0.4) is 0 Å². The molecule has 0 N–H and O–H groups in total. The van der Waals surface area contributed by atoms with E-state index in [1.165, 1.54) is 29.2 Å². The first-order valence-electron chi connectivity index (χ1n) is 11.4. The molecule has 2 heterocycles. The maximum absolute atomic E-state index is 13.3. The van der Waals surface area contributed by atoms with Crippen LogP contribution in [0, 0.1) is 5.82 Å². The van der Waals surface area contributed by atoms with Crippen LogP contribution in [0.15, 0.2) is 53.1 Å². The third kappa shape index (κ3) is 5.44. The second kappa shape index (κ2) is 10.8. The summed E-state index contributed by atoms with van der Waals surface area (Å²) in [6, 6.07) is 12.1. The normalized spacial score (nSPS) is 15.9. The monoisotopic (exact) mass is 484 g/mol. The van der Waals surface area contributed by atoms with Gasteiger partial charge >= 0.3 is 0 Å². The minimum Gasteiger partial charge on any atom is -0.337 e. The summed E-state index contributed by atoms with van der Waals surface area (Å²) in [5, 5.41) is 4.70. The summed E-state index contributed by atoms with van der Waals surface area (Å²) in [6.07, 6.45) is 3.19. The SMILES string of the molecule is CCCN(CC(=O)N1CCCCC1c1nc(-c2ccc(Cl)cc2)no1)C(=O)c1ccc(F)cc1. The molecule has 0 spiro atoms. The van der Waals surface area contributed by atoms with E-state index in [-0.39, 0.29) is 24.4 Å². The number of carbonyl (C=O) groups excluding carboxylic acids is 2. The molecule has 1 fully saturated rings. The van der Waals surface area contributed by atoms with Gasteiger partial charge in [-0.2, -0.15) is 4.98 Å². The Hall–Kier alpha value is -3.26. The van der Waals surface area contributed by atoms with E-state index in [1.54, 1.807) is 17.0 Å². The molecule has 1 aliphatic heterocycles. The number of hydrogen-bond acceptors (Lipinski definition) is 5. The molecule has 3 aromatic rings. The zero-order valence-corrected chi connectivity index (χ0v) is 19.7. The van der Waals surface area contributed by atoms with Crippen LogP contribution >= 0.6 is 11.6 Å². The lowest BCUT2D eigenvalue weighted by molar-refractivity contribution is -0.136. The number of amides is 2. The molecule has 1 atom stereocenters. The van der Waals surface area contributed by atoms with Crippen molar-refractivity contribution in [3.05, 3.63) is 70.8 Å². The summed E-state index contributed by atoms with van der Waals surface area (Å²) < 4.78 is 18.8. The quantitative estimate of drug-likeness (QED) is 0.464.